The molecule has 0 fully saturated rings. The molecule has 1 aliphatic heterocycles. The molecule has 5 N–H and O–H groups in total. The van der Waals surface area contributed by atoms with Gasteiger partial charge in [-0.3, -0.25) is 5.43 Å². The van der Waals surface area contributed by atoms with Gasteiger partial charge in [0.1, 0.15) is 16.7 Å². The molecule has 0 bridgehead atoms. The van der Waals surface area contributed by atoms with E-state index in [1.165, 1.54) is 5.41 Å². The minimum atomic E-state index is -1.32. The third-order valence-electron chi connectivity index (χ3n) is 3.23. The van der Waals surface area contributed by atoms with Crippen molar-refractivity contribution in [2.75, 3.05) is 0 Å². The van der Waals surface area contributed by atoms with Crippen LogP contribution in [-0.4, -0.2) is 11.0 Å². The molecule has 1 aromatic carbocycles. The van der Waals surface area contributed by atoms with Crippen LogP contribution in [-0.2, 0) is 0 Å². The van der Waals surface area contributed by atoms with Gasteiger partial charge in [0.15, 0.2) is 0 Å². The highest BCUT2D eigenvalue weighted by atomic mass is 32.2. The highest BCUT2D eigenvalue weighted by molar-refractivity contribution is 8.05. The van der Waals surface area contributed by atoms with Crippen molar-refractivity contribution in [3.63, 3.8) is 0 Å². The van der Waals surface area contributed by atoms with Gasteiger partial charge in [-0.1, -0.05) is 17.8 Å². The standard InChI is InChI=1S/C14H10F2N6OS/c15-9-2-1-3-10(16)12(9)11-7(4-17)6-24-13(8(11)5-18)22(20)14(23)21-19/h1-3,6,11H,19-20H2,(H,21,23). The molecule has 1 aliphatic rings. The fourth-order valence-electron chi connectivity index (χ4n) is 2.17. The Morgan fingerprint density at radius 2 is 1.92 bits per heavy atom. The molecule has 1 unspecified atom stereocenters. The molecule has 0 radical (unpaired) electrons. The third-order valence-corrected chi connectivity index (χ3v) is 4.24. The number of allylic oxidation sites excluding steroid dienone is 2. The molecule has 0 saturated heterocycles. The predicted molar refractivity (Wildman–Crippen MR) is 81.8 cm³/mol. The first-order chi connectivity index (χ1) is 11.5. The van der Waals surface area contributed by atoms with E-state index in [2.05, 4.69) is 0 Å². The minimum absolute atomic E-state index is 0.0501. The van der Waals surface area contributed by atoms with E-state index in [9.17, 15) is 24.1 Å². The van der Waals surface area contributed by atoms with Gasteiger partial charge < -0.3 is 0 Å². The van der Waals surface area contributed by atoms with Gasteiger partial charge in [0, 0.05) is 11.1 Å². The Morgan fingerprint density at radius 3 is 2.42 bits per heavy atom. The molecule has 24 heavy (non-hydrogen) atoms. The second-order valence-electron chi connectivity index (χ2n) is 4.52. The maximum Gasteiger partial charge on any atom is 0.350 e. The first-order valence-electron chi connectivity index (χ1n) is 6.36. The van der Waals surface area contributed by atoms with Crippen molar-refractivity contribution in [2.24, 2.45) is 11.7 Å². The Balaban J connectivity index is 2.69. The van der Waals surface area contributed by atoms with Crippen LogP contribution in [0.5, 0.6) is 0 Å². The van der Waals surface area contributed by atoms with E-state index in [-0.39, 0.29) is 16.2 Å². The molecule has 0 aliphatic carbocycles. The zero-order valence-electron chi connectivity index (χ0n) is 12.0. The van der Waals surface area contributed by atoms with Crippen LogP contribution in [0.4, 0.5) is 13.6 Å². The molecule has 1 atom stereocenters. The zero-order chi connectivity index (χ0) is 17.9. The van der Waals surface area contributed by atoms with Crippen LogP contribution in [0.1, 0.15) is 11.5 Å². The number of hydrogen-bond donors (Lipinski definition) is 3. The molecule has 2 amide bonds. The SMILES string of the molecule is N#CC1=CSC(N(N)C(=O)NN)=C(C#N)C1c1c(F)cccc1F. The highest BCUT2D eigenvalue weighted by Gasteiger charge is 2.35. The maximum absolute atomic E-state index is 14.1. The van der Waals surface area contributed by atoms with Gasteiger partial charge in [0.2, 0.25) is 0 Å². The van der Waals surface area contributed by atoms with E-state index in [0.717, 1.165) is 30.0 Å². The lowest BCUT2D eigenvalue weighted by atomic mass is 9.85. The number of thioether (sulfide) groups is 1. The lowest BCUT2D eigenvalue weighted by molar-refractivity contribution is 0.215. The van der Waals surface area contributed by atoms with Crippen LogP contribution in [0.2, 0.25) is 0 Å². The summed E-state index contributed by atoms with van der Waals surface area (Å²) in [6, 6.07) is 5.83. The molecule has 1 heterocycles. The Bertz CT molecular complexity index is 818. The van der Waals surface area contributed by atoms with Crippen molar-refractivity contribution in [3.05, 3.63) is 57.0 Å². The van der Waals surface area contributed by atoms with Gasteiger partial charge >= 0.3 is 6.03 Å². The van der Waals surface area contributed by atoms with Gasteiger partial charge in [0.25, 0.3) is 0 Å². The van der Waals surface area contributed by atoms with Crippen molar-refractivity contribution in [3.8, 4) is 12.1 Å². The van der Waals surface area contributed by atoms with Crippen molar-refractivity contribution >= 4 is 17.8 Å². The summed E-state index contributed by atoms with van der Waals surface area (Å²) in [4.78, 5) is 11.6. The summed E-state index contributed by atoms with van der Waals surface area (Å²) in [6.45, 7) is 0. The van der Waals surface area contributed by atoms with Crippen LogP contribution in [0.15, 0.2) is 39.8 Å². The Labute approximate surface area is 139 Å². The van der Waals surface area contributed by atoms with E-state index in [4.69, 9.17) is 11.7 Å². The van der Waals surface area contributed by atoms with Crippen molar-refractivity contribution in [1.82, 2.24) is 10.4 Å². The lowest BCUT2D eigenvalue weighted by Crippen LogP contribution is -2.46. The van der Waals surface area contributed by atoms with Crippen LogP contribution >= 0.6 is 11.8 Å². The van der Waals surface area contributed by atoms with Crippen molar-refractivity contribution in [1.29, 1.82) is 10.5 Å². The van der Waals surface area contributed by atoms with Crippen LogP contribution < -0.4 is 17.1 Å². The number of urea groups is 1. The van der Waals surface area contributed by atoms with E-state index in [1.807, 2.05) is 6.07 Å². The van der Waals surface area contributed by atoms with Crippen LogP contribution in [0.25, 0.3) is 0 Å². The number of nitriles is 2. The van der Waals surface area contributed by atoms with E-state index in [0.29, 0.717) is 5.01 Å². The van der Waals surface area contributed by atoms with E-state index < -0.39 is 29.1 Å². The maximum atomic E-state index is 14.1. The average Bonchev–Trinajstić information content (AvgIpc) is 2.59. The van der Waals surface area contributed by atoms with Gasteiger partial charge in [-0.15, -0.1) is 0 Å². The van der Waals surface area contributed by atoms with Crippen LogP contribution in [0, 0.1) is 34.3 Å². The minimum Gasteiger partial charge on any atom is -0.274 e. The normalized spacial score (nSPS) is 16.8. The van der Waals surface area contributed by atoms with Gasteiger partial charge in [-0.2, -0.15) is 10.5 Å². The van der Waals surface area contributed by atoms with E-state index >= 15 is 0 Å². The second-order valence-corrected chi connectivity index (χ2v) is 5.38. The molecule has 122 valence electrons. The van der Waals surface area contributed by atoms with E-state index in [1.54, 1.807) is 11.5 Å². The first kappa shape index (κ1) is 17.4. The summed E-state index contributed by atoms with van der Waals surface area (Å²) < 4.78 is 28.3. The molecular weight excluding hydrogens is 338 g/mol. The molecular formula is C14H10F2N6OS. The number of rotatable bonds is 2. The number of nitrogens with one attached hydrogen (secondary N) is 1. The molecule has 10 heteroatoms. The molecule has 0 saturated carbocycles. The van der Waals surface area contributed by atoms with Crippen molar-refractivity contribution < 1.29 is 13.6 Å². The van der Waals surface area contributed by atoms with Gasteiger partial charge in [-0.25, -0.2) is 30.3 Å². The summed E-state index contributed by atoms with van der Waals surface area (Å²) in [5, 5.41) is 20.4. The summed E-state index contributed by atoms with van der Waals surface area (Å²) in [6.07, 6.45) is 0. The topological polar surface area (TPSA) is 132 Å². The number of halogens is 2. The number of carbonyl (C=O) groups is 1. The lowest BCUT2D eigenvalue weighted by Gasteiger charge is -2.27. The number of nitrogens with two attached hydrogens (primary N) is 2. The van der Waals surface area contributed by atoms with Gasteiger partial charge in [-0.05, 0) is 17.5 Å². The largest absolute Gasteiger partial charge is 0.350 e. The number of carbonyl (C=O) groups excluding carboxylic acids is 1. The fourth-order valence-corrected chi connectivity index (χ4v) is 3.08. The molecule has 2 rings (SSSR count). The summed E-state index contributed by atoms with van der Waals surface area (Å²) >= 11 is 0.803. The summed E-state index contributed by atoms with van der Waals surface area (Å²) in [5.41, 5.74) is 1.02. The van der Waals surface area contributed by atoms with Crippen LogP contribution in [0.3, 0.4) is 0 Å². The second kappa shape index (κ2) is 7.10. The molecule has 0 spiro atoms. The average molecular weight is 348 g/mol. The fraction of sp³-hybridized carbons (Fsp3) is 0.0714. The number of benzene rings is 1. The highest BCUT2D eigenvalue weighted by Crippen LogP contribution is 2.44. The first-order valence-corrected chi connectivity index (χ1v) is 7.24. The third kappa shape index (κ3) is 2.94. The Hall–Kier alpha value is -2.92. The smallest absolute Gasteiger partial charge is 0.274 e. The quantitative estimate of drug-likeness (QED) is 0.423. The Kier molecular flexibility index (Phi) is 5.16. The molecule has 0 aromatic heterocycles. The number of hydrogen-bond acceptors (Lipinski definition) is 6. The zero-order valence-corrected chi connectivity index (χ0v) is 12.8. The molecule has 7 nitrogen and oxygen atoms in total. The monoisotopic (exact) mass is 348 g/mol. The predicted octanol–water partition coefficient (Wildman–Crippen LogP) is 1.70. The summed E-state index contributed by atoms with van der Waals surface area (Å²) in [7, 11) is 0. The van der Waals surface area contributed by atoms with Gasteiger partial charge in [0.05, 0.1) is 23.6 Å². The number of amides is 2. The molecule has 1 aromatic rings. The Morgan fingerprint density at radius 1 is 1.29 bits per heavy atom. The summed E-state index contributed by atoms with van der Waals surface area (Å²) in [5.74, 6) is 7.40. The van der Waals surface area contributed by atoms with Crippen molar-refractivity contribution in [2.45, 2.75) is 5.92 Å². The number of hydrazine groups is 2. The number of nitrogens with zero attached hydrogens (tertiary/aromatic N) is 3.